The van der Waals surface area contributed by atoms with Gasteiger partial charge < -0.3 is 14.7 Å². The average Bonchev–Trinajstić information content (AvgIpc) is 2.82. The van der Waals surface area contributed by atoms with Gasteiger partial charge in [0, 0.05) is 6.92 Å². The number of hydrogen-bond acceptors (Lipinski definition) is 8. The molecule has 0 bridgehead atoms. The van der Waals surface area contributed by atoms with E-state index in [-0.39, 0.29) is 0 Å². The number of nitrogens with zero attached hydrogens (tertiary/aromatic N) is 4. The van der Waals surface area contributed by atoms with Crippen molar-refractivity contribution < 1.29 is 8.94 Å². The molecule has 0 saturated carbocycles. The summed E-state index contributed by atoms with van der Waals surface area (Å²) < 4.78 is 10.3. The quantitative estimate of drug-likeness (QED) is 0.814. The summed E-state index contributed by atoms with van der Waals surface area (Å²) >= 11 is 1.34. The van der Waals surface area contributed by atoms with Crippen LogP contribution in [0.2, 0.25) is 0 Å². The minimum Gasteiger partial charge on any atom is -0.416 e. The summed E-state index contributed by atoms with van der Waals surface area (Å²) in [6, 6.07) is 0. The first kappa shape index (κ1) is 12.1. The van der Waals surface area contributed by atoms with Gasteiger partial charge in [0.15, 0.2) is 5.82 Å². The predicted molar refractivity (Wildman–Crippen MR) is 60.1 cm³/mol. The highest BCUT2D eigenvalue weighted by Gasteiger charge is 2.21. The van der Waals surface area contributed by atoms with Gasteiger partial charge in [0.25, 0.3) is 5.22 Å². The Morgan fingerprint density at radius 2 is 2.12 bits per heavy atom. The van der Waals surface area contributed by atoms with E-state index in [9.17, 15) is 0 Å². The molecule has 2 rings (SSSR count). The number of nitrogens with two attached hydrogens (primary N) is 1. The van der Waals surface area contributed by atoms with Crippen LogP contribution in [-0.2, 0) is 11.3 Å². The van der Waals surface area contributed by atoms with Gasteiger partial charge in [0.2, 0.25) is 11.8 Å². The molecule has 0 unspecified atom stereocenters. The van der Waals surface area contributed by atoms with Crippen molar-refractivity contribution in [1.82, 2.24) is 20.3 Å². The van der Waals surface area contributed by atoms with E-state index in [2.05, 4.69) is 20.3 Å². The van der Waals surface area contributed by atoms with Crippen LogP contribution in [0.4, 0.5) is 0 Å². The maximum absolute atomic E-state index is 5.85. The molecule has 0 aliphatic carbocycles. The Morgan fingerprint density at radius 1 is 1.35 bits per heavy atom. The monoisotopic (exact) mass is 255 g/mol. The number of rotatable bonds is 4. The van der Waals surface area contributed by atoms with Gasteiger partial charge >= 0.3 is 0 Å². The van der Waals surface area contributed by atoms with Crippen molar-refractivity contribution in [1.29, 1.82) is 0 Å². The van der Waals surface area contributed by atoms with Crippen LogP contribution in [0.3, 0.4) is 0 Å². The van der Waals surface area contributed by atoms with Crippen molar-refractivity contribution in [3.05, 3.63) is 17.6 Å². The lowest BCUT2D eigenvalue weighted by Gasteiger charge is -2.11. The molecule has 0 atom stereocenters. The van der Waals surface area contributed by atoms with Gasteiger partial charge in [0.05, 0.1) is 11.3 Å². The van der Waals surface area contributed by atoms with Crippen molar-refractivity contribution in [3.63, 3.8) is 0 Å². The maximum atomic E-state index is 5.85. The largest absolute Gasteiger partial charge is 0.416 e. The second-order valence-corrected chi connectivity index (χ2v) is 5.04. The van der Waals surface area contributed by atoms with Gasteiger partial charge in [-0.3, -0.25) is 0 Å². The number of aryl methyl sites for hydroxylation is 1. The molecular formula is C9H13N5O2S. The van der Waals surface area contributed by atoms with Gasteiger partial charge in [-0.2, -0.15) is 4.98 Å². The Balaban J connectivity index is 1.98. The molecule has 2 aromatic rings. The third-order valence-electron chi connectivity index (χ3n) is 1.87. The van der Waals surface area contributed by atoms with Crippen LogP contribution in [0.15, 0.2) is 14.2 Å². The second-order valence-electron chi connectivity index (χ2n) is 4.11. The normalized spacial score (nSPS) is 12.0. The molecular weight excluding hydrogens is 242 g/mol. The second kappa shape index (κ2) is 4.46. The van der Waals surface area contributed by atoms with Crippen LogP contribution in [0.1, 0.15) is 31.5 Å². The van der Waals surface area contributed by atoms with E-state index in [1.807, 2.05) is 13.8 Å². The van der Waals surface area contributed by atoms with Gasteiger partial charge in [-0.25, -0.2) is 0 Å². The Kier molecular flexibility index (Phi) is 3.16. The van der Waals surface area contributed by atoms with Crippen LogP contribution in [0, 0.1) is 6.92 Å². The fourth-order valence-corrected chi connectivity index (χ4v) is 1.68. The summed E-state index contributed by atoms with van der Waals surface area (Å²) in [5, 5.41) is 11.9. The van der Waals surface area contributed by atoms with Crippen LogP contribution in [0.25, 0.3) is 0 Å². The predicted octanol–water partition coefficient (Wildman–Crippen LogP) is 1.25. The Bertz CT molecular complexity index is 501. The first-order valence-electron chi connectivity index (χ1n) is 5.00. The highest BCUT2D eigenvalue weighted by Crippen LogP contribution is 2.21. The topological polar surface area (TPSA) is 104 Å². The van der Waals surface area contributed by atoms with E-state index >= 15 is 0 Å². The molecule has 17 heavy (non-hydrogen) atoms. The highest BCUT2D eigenvalue weighted by molar-refractivity contribution is 7.98. The van der Waals surface area contributed by atoms with Crippen LogP contribution < -0.4 is 5.73 Å². The number of thioether (sulfide) groups is 1. The maximum Gasteiger partial charge on any atom is 0.277 e. The Labute approximate surface area is 102 Å². The summed E-state index contributed by atoms with van der Waals surface area (Å²) in [6.07, 6.45) is 0. The fourth-order valence-electron chi connectivity index (χ4n) is 1.04. The molecule has 0 aliphatic rings. The number of hydrogen-bond donors (Lipinski definition) is 1. The summed E-state index contributed by atoms with van der Waals surface area (Å²) in [7, 11) is 0. The number of aromatic nitrogens is 4. The first-order chi connectivity index (χ1) is 7.95. The van der Waals surface area contributed by atoms with Gasteiger partial charge in [0.1, 0.15) is 0 Å². The first-order valence-corrected chi connectivity index (χ1v) is 5.98. The highest BCUT2D eigenvalue weighted by atomic mass is 32.2. The molecule has 2 aromatic heterocycles. The van der Waals surface area contributed by atoms with E-state index < -0.39 is 5.54 Å². The lowest BCUT2D eigenvalue weighted by atomic mass is 10.1. The minimum absolute atomic E-state index is 0.477. The Hall–Kier alpha value is -1.41. The summed E-state index contributed by atoms with van der Waals surface area (Å²) in [4.78, 5) is 4.19. The molecule has 0 fully saturated rings. The lowest BCUT2D eigenvalue weighted by Crippen LogP contribution is -2.30. The minimum atomic E-state index is -0.604. The molecule has 92 valence electrons. The van der Waals surface area contributed by atoms with Crippen molar-refractivity contribution >= 4 is 11.8 Å². The van der Waals surface area contributed by atoms with Crippen LogP contribution in [-0.4, -0.2) is 20.3 Å². The molecule has 2 heterocycles. The zero-order valence-corrected chi connectivity index (χ0v) is 10.6. The fraction of sp³-hybridized carbons (Fsp3) is 0.556. The van der Waals surface area contributed by atoms with Crippen molar-refractivity contribution in [2.24, 2.45) is 5.73 Å². The molecule has 8 heteroatoms. The van der Waals surface area contributed by atoms with E-state index in [0.29, 0.717) is 28.6 Å². The van der Waals surface area contributed by atoms with E-state index in [0.717, 1.165) is 0 Å². The van der Waals surface area contributed by atoms with E-state index in [1.165, 1.54) is 11.8 Å². The third-order valence-corrected chi connectivity index (χ3v) is 2.67. The summed E-state index contributed by atoms with van der Waals surface area (Å²) in [5.41, 5.74) is 5.24. The van der Waals surface area contributed by atoms with Gasteiger partial charge in [-0.1, -0.05) is 16.9 Å². The summed E-state index contributed by atoms with van der Waals surface area (Å²) in [6.45, 7) is 5.37. The zero-order chi connectivity index (χ0) is 12.5. The molecule has 0 radical (unpaired) electrons. The molecule has 0 saturated heterocycles. The zero-order valence-electron chi connectivity index (χ0n) is 9.80. The summed E-state index contributed by atoms with van der Waals surface area (Å²) in [5.74, 6) is 1.97. The third kappa shape index (κ3) is 3.04. The molecule has 7 nitrogen and oxygen atoms in total. The van der Waals surface area contributed by atoms with Gasteiger partial charge in [-0.15, -0.1) is 10.2 Å². The van der Waals surface area contributed by atoms with Crippen LogP contribution >= 0.6 is 11.8 Å². The molecule has 0 aliphatic heterocycles. The van der Waals surface area contributed by atoms with Crippen molar-refractivity contribution in [2.45, 2.75) is 37.3 Å². The molecule has 0 aromatic carbocycles. The van der Waals surface area contributed by atoms with Gasteiger partial charge in [-0.05, 0) is 13.8 Å². The lowest BCUT2D eigenvalue weighted by molar-refractivity contribution is 0.369. The smallest absolute Gasteiger partial charge is 0.277 e. The standard InChI is InChI=1S/C9H13N5O2S/c1-5-12-13-8(15-5)17-4-6-11-7(14-16-6)9(2,3)10/h4,10H2,1-3H3. The molecule has 0 amide bonds. The van der Waals surface area contributed by atoms with Crippen molar-refractivity contribution in [2.75, 3.05) is 0 Å². The average molecular weight is 255 g/mol. The molecule has 2 N–H and O–H groups in total. The van der Waals surface area contributed by atoms with Crippen LogP contribution in [0.5, 0.6) is 0 Å². The van der Waals surface area contributed by atoms with Crippen molar-refractivity contribution in [3.8, 4) is 0 Å². The van der Waals surface area contributed by atoms with E-state index in [4.69, 9.17) is 14.7 Å². The van der Waals surface area contributed by atoms with E-state index in [1.54, 1.807) is 6.92 Å². The Morgan fingerprint density at radius 3 is 2.65 bits per heavy atom. The molecule has 0 spiro atoms. The SMILES string of the molecule is Cc1nnc(SCc2nc(C(C)(C)N)no2)o1.